The lowest BCUT2D eigenvalue weighted by atomic mass is 10.1. The fourth-order valence-electron chi connectivity index (χ4n) is 3.52. The summed E-state index contributed by atoms with van der Waals surface area (Å²) in [7, 11) is 0. The molecule has 1 aromatic carbocycles. The van der Waals surface area contributed by atoms with E-state index < -0.39 is 17.8 Å². The van der Waals surface area contributed by atoms with E-state index in [1.807, 2.05) is 5.38 Å². The van der Waals surface area contributed by atoms with E-state index in [1.165, 1.54) is 28.7 Å². The maximum atomic E-state index is 12.9. The molecule has 1 N–H and O–H groups in total. The molecule has 1 saturated heterocycles. The summed E-state index contributed by atoms with van der Waals surface area (Å²) in [6.45, 7) is 0.521. The van der Waals surface area contributed by atoms with Crippen LogP contribution in [0.2, 0.25) is 0 Å². The SMILES string of the molecule is O=C(Nc1ncc(Cc2cccc(C(F)(F)F)c2)s1)[C@H]1CCCN1C(=O)c1cccs1. The van der Waals surface area contributed by atoms with Crippen molar-refractivity contribution in [2.24, 2.45) is 0 Å². The minimum atomic E-state index is -4.39. The first kappa shape index (κ1) is 21.5. The number of amides is 2. The summed E-state index contributed by atoms with van der Waals surface area (Å²) < 4.78 is 38.7. The molecule has 162 valence electrons. The van der Waals surface area contributed by atoms with E-state index in [1.54, 1.807) is 29.3 Å². The van der Waals surface area contributed by atoms with Crippen molar-refractivity contribution in [2.45, 2.75) is 31.5 Å². The first-order valence-electron chi connectivity index (χ1n) is 9.57. The third-order valence-electron chi connectivity index (χ3n) is 4.96. The lowest BCUT2D eigenvalue weighted by Gasteiger charge is -2.22. The molecule has 0 spiro atoms. The molecule has 0 aliphatic carbocycles. The highest BCUT2D eigenvalue weighted by Crippen LogP contribution is 2.31. The second kappa shape index (κ2) is 8.80. The van der Waals surface area contributed by atoms with Gasteiger partial charge in [0.05, 0.1) is 10.4 Å². The molecule has 1 fully saturated rings. The van der Waals surface area contributed by atoms with Crippen molar-refractivity contribution in [3.63, 3.8) is 0 Å². The van der Waals surface area contributed by atoms with Crippen LogP contribution in [0.5, 0.6) is 0 Å². The van der Waals surface area contributed by atoms with Crippen LogP contribution in [0.25, 0.3) is 0 Å². The van der Waals surface area contributed by atoms with Gasteiger partial charge in [-0.2, -0.15) is 13.2 Å². The lowest BCUT2D eigenvalue weighted by Crippen LogP contribution is -2.42. The zero-order chi connectivity index (χ0) is 22.0. The highest BCUT2D eigenvalue weighted by Gasteiger charge is 2.35. The van der Waals surface area contributed by atoms with Crippen molar-refractivity contribution in [2.75, 3.05) is 11.9 Å². The van der Waals surface area contributed by atoms with E-state index in [0.29, 0.717) is 28.5 Å². The average Bonchev–Trinajstić information content (AvgIpc) is 3.49. The molecule has 1 aliphatic heterocycles. The third kappa shape index (κ3) is 4.96. The van der Waals surface area contributed by atoms with Crippen molar-refractivity contribution < 1.29 is 22.8 Å². The minimum absolute atomic E-state index is 0.156. The van der Waals surface area contributed by atoms with Crippen molar-refractivity contribution in [1.82, 2.24) is 9.88 Å². The van der Waals surface area contributed by atoms with E-state index in [-0.39, 0.29) is 18.2 Å². The molecule has 5 nitrogen and oxygen atoms in total. The second-order valence-corrected chi connectivity index (χ2v) is 9.19. The van der Waals surface area contributed by atoms with E-state index in [0.717, 1.165) is 23.4 Å². The van der Waals surface area contributed by atoms with Crippen molar-refractivity contribution in [3.8, 4) is 0 Å². The number of likely N-dealkylation sites (tertiary alicyclic amines) is 1. The first-order valence-corrected chi connectivity index (χ1v) is 11.3. The molecule has 10 heteroatoms. The number of hydrogen-bond donors (Lipinski definition) is 1. The summed E-state index contributed by atoms with van der Waals surface area (Å²) in [5.41, 5.74) is -0.181. The summed E-state index contributed by atoms with van der Waals surface area (Å²) in [5.74, 6) is -0.459. The predicted molar refractivity (Wildman–Crippen MR) is 113 cm³/mol. The fourth-order valence-corrected chi connectivity index (χ4v) is 5.05. The molecule has 3 aromatic rings. The van der Waals surface area contributed by atoms with Crippen molar-refractivity contribution in [1.29, 1.82) is 0 Å². The van der Waals surface area contributed by atoms with Gasteiger partial charge in [-0.15, -0.1) is 22.7 Å². The highest BCUT2D eigenvalue weighted by molar-refractivity contribution is 7.15. The molecular formula is C21H18F3N3O2S2. The number of thiazole rings is 1. The molecule has 0 unspecified atom stereocenters. The number of alkyl halides is 3. The van der Waals surface area contributed by atoms with Gasteiger partial charge in [-0.1, -0.05) is 24.3 Å². The van der Waals surface area contributed by atoms with Crippen LogP contribution >= 0.6 is 22.7 Å². The van der Waals surface area contributed by atoms with Crippen LogP contribution in [-0.4, -0.2) is 34.3 Å². The zero-order valence-electron chi connectivity index (χ0n) is 16.2. The molecule has 4 rings (SSSR count). The highest BCUT2D eigenvalue weighted by atomic mass is 32.1. The van der Waals surface area contributed by atoms with Gasteiger partial charge in [-0.25, -0.2) is 4.98 Å². The summed E-state index contributed by atoms with van der Waals surface area (Å²) in [6, 6.07) is 8.12. The quantitative estimate of drug-likeness (QED) is 0.573. The first-order chi connectivity index (χ1) is 14.8. The Hall–Kier alpha value is -2.72. The Morgan fingerprint density at radius 1 is 1.23 bits per heavy atom. The topological polar surface area (TPSA) is 62.3 Å². The van der Waals surface area contributed by atoms with E-state index >= 15 is 0 Å². The van der Waals surface area contributed by atoms with Crippen LogP contribution in [0, 0.1) is 0 Å². The molecule has 31 heavy (non-hydrogen) atoms. The number of carbonyl (C=O) groups excluding carboxylic acids is 2. The van der Waals surface area contributed by atoms with Gasteiger partial charge in [0.15, 0.2) is 5.13 Å². The molecule has 3 heterocycles. The smallest absolute Gasteiger partial charge is 0.326 e. The summed E-state index contributed by atoms with van der Waals surface area (Å²) in [6.07, 6.45) is -1.25. The van der Waals surface area contributed by atoms with Gasteiger partial charge < -0.3 is 10.2 Å². The summed E-state index contributed by atoms with van der Waals surface area (Å²) >= 11 is 2.55. The van der Waals surface area contributed by atoms with E-state index in [4.69, 9.17) is 0 Å². The molecule has 0 saturated carbocycles. The number of hydrogen-bond acceptors (Lipinski definition) is 5. The number of nitrogens with one attached hydrogen (secondary N) is 1. The number of benzene rings is 1. The van der Waals surface area contributed by atoms with E-state index in [2.05, 4.69) is 10.3 Å². The Balaban J connectivity index is 1.41. The normalized spacial score (nSPS) is 16.5. The monoisotopic (exact) mass is 465 g/mol. The van der Waals surface area contributed by atoms with Gasteiger partial charge in [0.1, 0.15) is 6.04 Å². The van der Waals surface area contributed by atoms with Crippen LogP contribution < -0.4 is 5.32 Å². The zero-order valence-corrected chi connectivity index (χ0v) is 17.8. The average molecular weight is 466 g/mol. The van der Waals surface area contributed by atoms with Gasteiger partial charge in [0.25, 0.3) is 5.91 Å². The second-order valence-electron chi connectivity index (χ2n) is 7.13. The number of rotatable bonds is 5. The molecule has 2 amide bonds. The standard InChI is InChI=1S/C21H18F3N3O2S2/c22-21(23,24)14-5-1-4-13(10-14)11-15-12-25-20(31-15)26-18(28)16-6-2-8-27(16)19(29)17-7-3-9-30-17/h1,3-5,7,9-10,12,16H,2,6,8,11H2,(H,25,26,28)/t16-/m1/s1. The van der Waals surface area contributed by atoms with Crippen LogP contribution in [0.4, 0.5) is 18.3 Å². The maximum absolute atomic E-state index is 12.9. The molecule has 1 atom stereocenters. The Bertz CT molecular complexity index is 1080. The summed E-state index contributed by atoms with van der Waals surface area (Å²) in [4.78, 5) is 32.5. The van der Waals surface area contributed by atoms with Gasteiger partial charge in [-0.05, 0) is 35.9 Å². The molecule has 0 radical (unpaired) electrons. The maximum Gasteiger partial charge on any atom is 0.416 e. The van der Waals surface area contributed by atoms with Crippen LogP contribution in [0.1, 0.15) is 38.5 Å². The van der Waals surface area contributed by atoms with Gasteiger partial charge in [0.2, 0.25) is 5.91 Å². The van der Waals surface area contributed by atoms with Crippen LogP contribution in [0.3, 0.4) is 0 Å². The Morgan fingerprint density at radius 2 is 2.06 bits per heavy atom. The van der Waals surface area contributed by atoms with Crippen molar-refractivity contribution in [3.05, 3.63) is 68.9 Å². The number of thiophene rings is 1. The number of anilines is 1. The Kier molecular flexibility index (Phi) is 6.10. The predicted octanol–water partition coefficient (Wildman–Crippen LogP) is 5.06. The van der Waals surface area contributed by atoms with Crippen LogP contribution in [0.15, 0.2) is 48.0 Å². The summed E-state index contributed by atoms with van der Waals surface area (Å²) in [5, 5.41) is 4.94. The van der Waals surface area contributed by atoms with Crippen molar-refractivity contribution >= 4 is 39.6 Å². The number of halogens is 3. The van der Waals surface area contributed by atoms with Crippen LogP contribution in [-0.2, 0) is 17.4 Å². The molecule has 0 bridgehead atoms. The number of carbonyl (C=O) groups is 2. The number of aromatic nitrogens is 1. The molecular weight excluding hydrogens is 447 g/mol. The lowest BCUT2D eigenvalue weighted by molar-refractivity contribution is -0.137. The largest absolute Gasteiger partial charge is 0.416 e. The Labute approximate surface area is 184 Å². The third-order valence-corrected chi connectivity index (χ3v) is 6.74. The fraction of sp³-hybridized carbons (Fsp3) is 0.286. The molecule has 2 aromatic heterocycles. The van der Waals surface area contributed by atoms with Gasteiger partial charge in [-0.3, -0.25) is 9.59 Å². The molecule has 1 aliphatic rings. The minimum Gasteiger partial charge on any atom is -0.326 e. The Morgan fingerprint density at radius 3 is 2.81 bits per heavy atom. The van der Waals surface area contributed by atoms with Gasteiger partial charge in [0, 0.05) is 24.0 Å². The van der Waals surface area contributed by atoms with Gasteiger partial charge >= 0.3 is 6.18 Å². The van der Waals surface area contributed by atoms with E-state index in [9.17, 15) is 22.8 Å². The number of nitrogens with zero attached hydrogens (tertiary/aromatic N) is 2.